The summed E-state index contributed by atoms with van der Waals surface area (Å²) >= 11 is 0. The molecule has 0 amide bonds. The molecule has 0 aliphatic rings. The van der Waals surface area contributed by atoms with Crippen LogP contribution in [0.1, 0.15) is 20.8 Å². The maximum absolute atomic E-state index is 9.77. The van der Waals surface area contributed by atoms with E-state index in [2.05, 4.69) is 30.0 Å². The molecule has 0 rings (SSSR count). The van der Waals surface area contributed by atoms with Crippen molar-refractivity contribution in [2.75, 3.05) is 21.3 Å². The van der Waals surface area contributed by atoms with E-state index in [1.165, 1.54) is 42.1 Å². The molecular weight excluding hydrogens is 400 g/mol. The molecule has 0 saturated carbocycles. The Morgan fingerprint density at radius 1 is 0.600 bits per heavy atom. The van der Waals surface area contributed by atoms with Gasteiger partial charge in [-0.05, 0) is 20.8 Å². The monoisotopic (exact) mass is 417 g/mol. The summed E-state index contributed by atoms with van der Waals surface area (Å²) in [4.78, 5) is 41.7. The fourth-order valence-electron chi connectivity index (χ4n) is 0.523. The van der Waals surface area contributed by atoms with Crippen molar-refractivity contribution >= 4 is 54.8 Å². The molecule has 0 atom stereocenters. The topological polar surface area (TPSA) is 185 Å². The largest absolute Gasteiger partial charge is 3.00 e. The van der Waals surface area contributed by atoms with Crippen molar-refractivity contribution in [2.45, 2.75) is 20.8 Å². The van der Waals surface area contributed by atoms with Gasteiger partial charge in [0.1, 0.15) is 21.3 Å². The molecule has 0 radical (unpaired) electrons. The van der Waals surface area contributed by atoms with E-state index in [4.69, 9.17) is 0 Å². The SMILES string of the molecule is CON=C(C)C(=O)[O-].CON=C(C)C(=O)[O-].CON=C(C)C(=O)[O-].[Ga+3]. The Morgan fingerprint density at radius 2 is 0.760 bits per heavy atom. The van der Waals surface area contributed by atoms with Gasteiger partial charge in [0.25, 0.3) is 0 Å². The Balaban J connectivity index is -0.000000130. The van der Waals surface area contributed by atoms with Gasteiger partial charge >= 0.3 is 19.8 Å². The number of carboxylic acid groups (broad SMARTS) is 3. The van der Waals surface area contributed by atoms with Gasteiger partial charge in [-0.25, -0.2) is 0 Å². The fourth-order valence-corrected chi connectivity index (χ4v) is 0.523. The van der Waals surface area contributed by atoms with Crippen LogP contribution in [0.5, 0.6) is 0 Å². The number of rotatable bonds is 6. The Hall–Kier alpha value is -2.54. The van der Waals surface area contributed by atoms with Gasteiger partial charge in [-0.3, -0.25) is 0 Å². The molecule has 0 aliphatic carbocycles. The van der Waals surface area contributed by atoms with Crippen LogP contribution in [0, 0.1) is 0 Å². The van der Waals surface area contributed by atoms with Gasteiger partial charge in [0.2, 0.25) is 0 Å². The summed E-state index contributed by atoms with van der Waals surface area (Å²) in [5.41, 5.74) is -0.479. The molecule has 25 heavy (non-hydrogen) atoms. The van der Waals surface area contributed by atoms with E-state index < -0.39 is 17.9 Å². The summed E-state index contributed by atoms with van der Waals surface area (Å²) in [5, 5.41) is 38.5. The van der Waals surface area contributed by atoms with E-state index in [1.807, 2.05) is 0 Å². The van der Waals surface area contributed by atoms with E-state index >= 15 is 0 Å². The number of nitrogens with zero attached hydrogens (tertiary/aromatic N) is 3. The Bertz CT molecular complexity index is 433. The molecule has 0 spiro atoms. The van der Waals surface area contributed by atoms with Gasteiger partial charge in [-0.15, -0.1) is 0 Å². The molecule has 0 heterocycles. The van der Waals surface area contributed by atoms with Gasteiger partial charge in [0.05, 0.1) is 35.0 Å². The molecule has 0 saturated heterocycles. The van der Waals surface area contributed by atoms with Crippen LogP contribution in [-0.4, -0.2) is 76.2 Å². The summed E-state index contributed by atoms with van der Waals surface area (Å²) in [6.07, 6.45) is 0. The van der Waals surface area contributed by atoms with Gasteiger partial charge in [0, 0.05) is 0 Å². The summed E-state index contributed by atoms with van der Waals surface area (Å²) in [6, 6.07) is 0. The molecule has 12 nitrogen and oxygen atoms in total. The van der Waals surface area contributed by atoms with Crippen LogP contribution < -0.4 is 15.3 Å². The van der Waals surface area contributed by atoms with E-state index in [1.54, 1.807) is 0 Å². The van der Waals surface area contributed by atoms with Crippen LogP contribution in [-0.2, 0) is 28.9 Å². The number of oxime groups is 3. The minimum atomic E-state index is -1.31. The molecular formula is C12H18GaN3O9. The van der Waals surface area contributed by atoms with Crippen molar-refractivity contribution < 1.29 is 44.2 Å². The molecule has 13 heteroatoms. The zero-order valence-electron chi connectivity index (χ0n) is 14.6. The Kier molecular flexibility index (Phi) is 23.7. The molecule has 0 aromatic carbocycles. The molecule has 0 bridgehead atoms. The van der Waals surface area contributed by atoms with Gasteiger partial charge in [-0.2, -0.15) is 0 Å². The third-order valence-electron chi connectivity index (χ3n) is 1.57. The van der Waals surface area contributed by atoms with Gasteiger partial charge in [0.15, 0.2) is 0 Å². The average molecular weight is 418 g/mol. The summed E-state index contributed by atoms with van der Waals surface area (Å²) in [5.74, 6) is -3.94. The van der Waals surface area contributed by atoms with E-state index in [0.29, 0.717) is 0 Å². The molecule has 0 aromatic rings. The van der Waals surface area contributed by atoms with Crippen LogP contribution in [0.3, 0.4) is 0 Å². The number of aliphatic carboxylic acids is 3. The predicted molar refractivity (Wildman–Crippen MR) is 81.1 cm³/mol. The van der Waals surface area contributed by atoms with Crippen molar-refractivity contribution in [2.24, 2.45) is 15.5 Å². The number of hydrogen-bond donors (Lipinski definition) is 0. The summed E-state index contributed by atoms with van der Waals surface area (Å²) in [7, 11) is 3.81. The maximum Gasteiger partial charge on any atom is 3.00 e. The smallest absolute Gasteiger partial charge is 0.543 e. The summed E-state index contributed by atoms with van der Waals surface area (Å²) in [6.45, 7) is 3.87. The molecule has 0 unspecified atom stereocenters. The van der Waals surface area contributed by atoms with Crippen molar-refractivity contribution in [3.8, 4) is 0 Å². The second kappa shape index (κ2) is 19.5. The van der Waals surface area contributed by atoms with Crippen molar-refractivity contribution in [3.05, 3.63) is 0 Å². The first kappa shape index (κ1) is 30.4. The van der Waals surface area contributed by atoms with Gasteiger partial charge < -0.3 is 44.2 Å². The standard InChI is InChI=1S/3C4H7NO3.Ga/c3*1-3(4(6)7)5-8-2;/h3*1-2H3,(H,6,7);/q;;;+3/p-3. The second-order valence-corrected chi connectivity index (χ2v) is 3.44. The Labute approximate surface area is 157 Å². The first-order chi connectivity index (χ1) is 11.0. The maximum atomic E-state index is 9.77. The van der Waals surface area contributed by atoms with Crippen LogP contribution in [0.2, 0.25) is 0 Å². The quantitative estimate of drug-likeness (QED) is 0.235. The van der Waals surface area contributed by atoms with Crippen molar-refractivity contribution in [3.63, 3.8) is 0 Å². The predicted octanol–water partition coefficient (Wildman–Crippen LogP) is -4.10. The number of carbonyl (C=O) groups is 3. The molecule has 0 aromatic heterocycles. The normalized spacial score (nSPS) is 10.6. The summed E-state index contributed by atoms with van der Waals surface area (Å²) < 4.78 is 0. The number of carbonyl (C=O) groups excluding carboxylic acids is 3. The Morgan fingerprint density at radius 3 is 0.800 bits per heavy atom. The number of hydrogen-bond acceptors (Lipinski definition) is 12. The third kappa shape index (κ3) is 23.8. The van der Waals surface area contributed by atoms with Gasteiger partial charge in [-0.1, -0.05) is 15.5 Å². The zero-order valence-corrected chi connectivity index (χ0v) is 17.0. The zero-order chi connectivity index (χ0) is 19.7. The molecule has 138 valence electrons. The van der Waals surface area contributed by atoms with E-state index in [0.717, 1.165) is 0 Å². The minimum Gasteiger partial charge on any atom is -0.543 e. The molecule has 0 fully saturated rings. The van der Waals surface area contributed by atoms with Crippen molar-refractivity contribution in [1.29, 1.82) is 0 Å². The van der Waals surface area contributed by atoms with E-state index in [9.17, 15) is 29.7 Å². The van der Waals surface area contributed by atoms with Crippen LogP contribution in [0.4, 0.5) is 0 Å². The first-order valence-electron chi connectivity index (χ1n) is 5.92. The minimum absolute atomic E-state index is 0. The third-order valence-corrected chi connectivity index (χ3v) is 1.57. The van der Waals surface area contributed by atoms with Crippen LogP contribution >= 0.6 is 0 Å². The van der Waals surface area contributed by atoms with Crippen LogP contribution in [0.15, 0.2) is 15.5 Å². The fraction of sp³-hybridized carbons (Fsp3) is 0.500. The van der Waals surface area contributed by atoms with Crippen LogP contribution in [0.25, 0.3) is 0 Å². The molecule has 0 N–H and O–H groups in total. The average Bonchev–Trinajstić information content (AvgIpc) is 2.49. The molecule has 0 aliphatic heterocycles. The van der Waals surface area contributed by atoms with Crippen molar-refractivity contribution in [1.82, 2.24) is 0 Å². The number of carboxylic acids is 3. The first-order valence-corrected chi connectivity index (χ1v) is 5.92. The van der Waals surface area contributed by atoms with E-state index in [-0.39, 0.29) is 36.9 Å². The second-order valence-electron chi connectivity index (χ2n) is 3.44.